The van der Waals surface area contributed by atoms with Crippen LogP contribution in [0.15, 0.2) is 30.6 Å². The molecule has 1 heterocycles. The molecule has 0 saturated heterocycles. The Kier molecular flexibility index (Phi) is 6.46. The van der Waals surface area contributed by atoms with Crippen molar-refractivity contribution in [1.82, 2.24) is 15.3 Å². The van der Waals surface area contributed by atoms with Gasteiger partial charge in [-0.15, -0.1) is 0 Å². The van der Waals surface area contributed by atoms with Crippen molar-refractivity contribution in [2.45, 2.75) is 44.6 Å². The minimum absolute atomic E-state index is 0.160. The predicted octanol–water partition coefficient (Wildman–Crippen LogP) is 3.69. The molecule has 2 N–H and O–H groups in total. The summed E-state index contributed by atoms with van der Waals surface area (Å²) in [6.07, 6.45) is 9.98. The van der Waals surface area contributed by atoms with E-state index in [1.165, 1.54) is 31.9 Å². The number of methoxy groups -OCH3 is 2. The highest BCUT2D eigenvalue weighted by atomic mass is 16.5. The van der Waals surface area contributed by atoms with Gasteiger partial charge in [0, 0.05) is 17.8 Å². The maximum atomic E-state index is 12.4. The molecule has 7 nitrogen and oxygen atoms in total. The summed E-state index contributed by atoms with van der Waals surface area (Å²) in [5, 5.41) is 6.22. The number of rotatable bonds is 6. The topological polar surface area (TPSA) is 85.4 Å². The highest BCUT2D eigenvalue weighted by Crippen LogP contribution is 2.30. The number of nitrogens with one attached hydrogen (secondary N) is 2. The average molecular weight is 370 g/mol. The largest absolute Gasteiger partial charge is 0.493 e. The number of hydrogen-bond donors (Lipinski definition) is 2. The molecule has 1 aliphatic rings. The van der Waals surface area contributed by atoms with E-state index in [9.17, 15) is 4.79 Å². The average Bonchev–Trinajstić information content (AvgIpc) is 2.97. The SMILES string of the molecule is COc1ccc(Nc2cnc(C(=O)NC3CCCCCC3)cn2)cc1OC. The lowest BCUT2D eigenvalue weighted by Crippen LogP contribution is -2.34. The van der Waals surface area contributed by atoms with Gasteiger partial charge in [0.05, 0.1) is 26.6 Å². The van der Waals surface area contributed by atoms with Gasteiger partial charge < -0.3 is 20.1 Å². The van der Waals surface area contributed by atoms with Crippen LogP contribution >= 0.6 is 0 Å². The first kappa shape index (κ1) is 18.9. The molecule has 1 amide bonds. The van der Waals surface area contributed by atoms with Crippen LogP contribution in [-0.4, -0.2) is 36.1 Å². The molecule has 0 spiro atoms. The second kappa shape index (κ2) is 9.21. The summed E-state index contributed by atoms with van der Waals surface area (Å²) >= 11 is 0. The Balaban J connectivity index is 1.62. The van der Waals surface area contributed by atoms with Crippen molar-refractivity contribution < 1.29 is 14.3 Å². The van der Waals surface area contributed by atoms with E-state index < -0.39 is 0 Å². The molecule has 1 aromatic carbocycles. The maximum absolute atomic E-state index is 12.4. The van der Waals surface area contributed by atoms with Gasteiger partial charge in [0.2, 0.25) is 0 Å². The number of benzene rings is 1. The predicted molar refractivity (Wildman–Crippen MR) is 104 cm³/mol. The van der Waals surface area contributed by atoms with Crippen molar-refractivity contribution in [2.24, 2.45) is 0 Å². The molecule has 7 heteroatoms. The normalized spacial score (nSPS) is 14.9. The fourth-order valence-corrected chi connectivity index (χ4v) is 3.25. The monoisotopic (exact) mass is 370 g/mol. The van der Waals surface area contributed by atoms with E-state index in [4.69, 9.17) is 9.47 Å². The molecule has 144 valence electrons. The van der Waals surface area contributed by atoms with E-state index >= 15 is 0 Å². The van der Waals surface area contributed by atoms with E-state index in [0.717, 1.165) is 18.5 Å². The van der Waals surface area contributed by atoms with Gasteiger partial charge in [0.15, 0.2) is 11.5 Å². The Morgan fingerprint density at radius 3 is 2.37 bits per heavy atom. The first-order valence-electron chi connectivity index (χ1n) is 9.31. The molecular weight excluding hydrogens is 344 g/mol. The number of carbonyl (C=O) groups is 1. The fourth-order valence-electron chi connectivity index (χ4n) is 3.25. The van der Waals surface area contributed by atoms with E-state index in [0.29, 0.717) is 23.0 Å². The lowest BCUT2D eigenvalue weighted by Gasteiger charge is -2.15. The van der Waals surface area contributed by atoms with Gasteiger partial charge in [-0.05, 0) is 25.0 Å². The van der Waals surface area contributed by atoms with Gasteiger partial charge >= 0.3 is 0 Å². The van der Waals surface area contributed by atoms with Crippen LogP contribution in [0.25, 0.3) is 0 Å². The molecule has 0 radical (unpaired) electrons. The molecule has 3 rings (SSSR count). The van der Waals surface area contributed by atoms with Crippen LogP contribution in [0.3, 0.4) is 0 Å². The van der Waals surface area contributed by atoms with Gasteiger partial charge in [0.1, 0.15) is 11.5 Å². The molecule has 27 heavy (non-hydrogen) atoms. The maximum Gasteiger partial charge on any atom is 0.271 e. The third-order valence-corrected chi connectivity index (χ3v) is 4.73. The summed E-state index contributed by atoms with van der Waals surface area (Å²) < 4.78 is 10.5. The van der Waals surface area contributed by atoms with Gasteiger partial charge in [0.25, 0.3) is 5.91 Å². The zero-order chi connectivity index (χ0) is 19.1. The number of hydrogen-bond acceptors (Lipinski definition) is 6. The van der Waals surface area contributed by atoms with Crippen LogP contribution in [0.4, 0.5) is 11.5 Å². The van der Waals surface area contributed by atoms with Crippen molar-refractivity contribution in [1.29, 1.82) is 0 Å². The van der Waals surface area contributed by atoms with Gasteiger partial charge in [-0.1, -0.05) is 25.7 Å². The minimum atomic E-state index is -0.160. The van der Waals surface area contributed by atoms with E-state index in [1.807, 2.05) is 18.2 Å². The Morgan fingerprint density at radius 1 is 1.00 bits per heavy atom. The number of carbonyl (C=O) groups excluding carboxylic acids is 1. The van der Waals surface area contributed by atoms with Crippen molar-refractivity contribution in [2.75, 3.05) is 19.5 Å². The van der Waals surface area contributed by atoms with E-state index in [-0.39, 0.29) is 11.9 Å². The van der Waals surface area contributed by atoms with Crippen molar-refractivity contribution >= 4 is 17.4 Å². The molecule has 0 atom stereocenters. The summed E-state index contributed by atoms with van der Waals surface area (Å²) in [4.78, 5) is 20.9. The zero-order valence-electron chi connectivity index (χ0n) is 15.8. The Hall–Kier alpha value is -2.83. The smallest absolute Gasteiger partial charge is 0.271 e. The van der Waals surface area contributed by atoms with Gasteiger partial charge in [-0.3, -0.25) is 4.79 Å². The molecule has 0 unspecified atom stereocenters. The molecule has 2 aromatic rings. The molecule has 0 aliphatic heterocycles. The van der Waals surface area contributed by atoms with Crippen LogP contribution < -0.4 is 20.1 Å². The first-order chi connectivity index (χ1) is 13.2. The minimum Gasteiger partial charge on any atom is -0.493 e. The molecule has 1 aliphatic carbocycles. The lowest BCUT2D eigenvalue weighted by atomic mass is 10.1. The highest BCUT2D eigenvalue weighted by molar-refractivity contribution is 5.92. The lowest BCUT2D eigenvalue weighted by molar-refractivity contribution is 0.0928. The zero-order valence-corrected chi connectivity index (χ0v) is 15.8. The number of anilines is 2. The first-order valence-corrected chi connectivity index (χ1v) is 9.31. The second-order valence-corrected chi connectivity index (χ2v) is 6.64. The Labute approximate surface area is 159 Å². The van der Waals surface area contributed by atoms with E-state index in [1.54, 1.807) is 20.4 Å². The standard InChI is InChI=1S/C20H26N4O3/c1-26-17-10-9-15(11-18(17)27-2)23-19-13-21-16(12-22-19)20(25)24-14-7-5-3-4-6-8-14/h9-14H,3-8H2,1-2H3,(H,22,23)(H,24,25). The third-order valence-electron chi connectivity index (χ3n) is 4.73. The number of nitrogens with zero attached hydrogens (tertiary/aromatic N) is 2. The molecule has 0 bridgehead atoms. The summed E-state index contributed by atoms with van der Waals surface area (Å²) in [6, 6.07) is 5.72. The van der Waals surface area contributed by atoms with Crippen molar-refractivity contribution in [3.05, 3.63) is 36.3 Å². The summed E-state index contributed by atoms with van der Waals surface area (Å²) in [7, 11) is 3.18. The third kappa shape index (κ3) is 5.09. The second-order valence-electron chi connectivity index (χ2n) is 6.64. The fraction of sp³-hybridized carbons (Fsp3) is 0.450. The quantitative estimate of drug-likeness (QED) is 0.755. The Morgan fingerprint density at radius 2 is 1.74 bits per heavy atom. The number of ether oxygens (including phenoxy) is 2. The van der Waals surface area contributed by atoms with Crippen LogP contribution in [0.1, 0.15) is 49.0 Å². The summed E-state index contributed by atoms with van der Waals surface area (Å²) in [6.45, 7) is 0. The molecule has 1 fully saturated rings. The number of amides is 1. The van der Waals surface area contributed by atoms with Crippen LogP contribution in [0.2, 0.25) is 0 Å². The van der Waals surface area contributed by atoms with Crippen molar-refractivity contribution in [3.63, 3.8) is 0 Å². The number of aromatic nitrogens is 2. The van der Waals surface area contributed by atoms with Crippen LogP contribution in [0, 0.1) is 0 Å². The molecular formula is C20H26N4O3. The molecule has 1 aromatic heterocycles. The molecule has 1 saturated carbocycles. The van der Waals surface area contributed by atoms with Gasteiger partial charge in [-0.2, -0.15) is 0 Å². The van der Waals surface area contributed by atoms with Crippen molar-refractivity contribution in [3.8, 4) is 11.5 Å². The Bertz CT molecular complexity index is 756. The van der Waals surface area contributed by atoms with Gasteiger partial charge in [-0.25, -0.2) is 9.97 Å². The van der Waals surface area contributed by atoms with Crippen LogP contribution in [0.5, 0.6) is 11.5 Å². The summed E-state index contributed by atoms with van der Waals surface area (Å²) in [5.41, 5.74) is 1.12. The highest BCUT2D eigenvalue weighted by Gasteiger charge is 2.17. The van der Waals surface area contributed by atoms with E-state index in [2.05, 4.69) is 20.6 Å². The summed E-state index contributed by atoms with van der Waals surface area (Å²) in [5.74, 6) is 1.66. The van der Waals surface area contributed by atoms with Crippen LogP contribution in [-0.2, 0) is 0 Å².